The number of benzene rings is 2. The van der Waals surface area contributed by atoms with E-state index in [4.69, 9.17) is 4.42 Å². The summed E-state index contributed by atoms with van der Waals surface area (Å²) in [7, 11) is 0. The summed E-state index contributed by atoms with van der Waals surface area (Å²) >= 11 is 0. The molecule has 4 rings (SSSR count). The first-order valence-electron chi connectivity index (χ1n) is 10.3. The Morgan fingerprint density at radius 2 is 2.03 bits per heavy atom. The summed E-state index contributed by atoms with van der Waals surface area (Å²) < 4.78 is 5.42. The zero-order valence-corrected chi connectivity index (χ0v) is 17.2. The van der Waals surface area contributed by atoms with E-state index in [0.717, 1.165) is 34.9 Å². The lowest BCUT2D eigenvalue weighted by Gasteiger charge is -2.31. The van der Waals surface area contributed by atoms with E-state index in [1.54, 1.807) is 23.1 Å². The summed E-state index contributed by atoms with van der Waals surface area (Å²) in [6.07, 6.45) is 2.11. The van der Waals surface area contributed by atoms with Gasteiger partial charge in [0, 0.05) is 30.1 Å². The SMILES string of the molecule is Cc1ccccc1-c1cc(=O)oc2cc(C(C=O)C(=O)N3CCCC(C#N)C3)ccc12. The fraction of sp³-hybridized carbons (Fsp3) is 0.280. The summed E-state index contributed by atoms with van der Waals surface area (Å²) in [6.45, 7) is 2.83. The average molecular weight is 414 g/mol. The summed E-state index contributed by atoms with van der Waals surface area (Å²) in [6, 6.07) is 16.5. The van der Waals surface area contributed by atoms with Crippen molar-refractivity contribution < 1.29 is 14.0 Å². The number of amides is 1. The van der Waals surface area contributed by atoms with E-state index in [2.05, 4.69) is 6.07 Å². The maximum Gasteiger partial charge on any atom is 0.336 e. The van der Waals surface area contributed by atoms with Crippen molar-refractivity contribution in [3.8, 4) is 17.2 Å². The molecule has 3 aromatic rings. The highest BCUT2D eigenvalue weighted by Gasteiger charge is 2.30. The molecule has 0 aliphatic carbocycles. The Kier molecular flexibility index (Phi) is 5.68. The number of piperidine rings is 1. The van der Waals surface area contributed by atoms with E-state index in [1.165, 1.54) is 6.07 Å². The number of rotatable bonds is 4. The van der Waals surface area contributed by atoms with Crippen LogP contribution >= 0.6 is 0 Å². The number of nitriles is 1. The first-order valence-corrected chi connectivity index (χ1v) is 10.3. The van der Waals surface area contributed by atoms with Crippen LogP contribution in [0.5, 0.6) is 0 Å². The Morgan fingerprint density at radius 3 is 2.77 bits per heavy atom. The molecule has 0 N–H and O–H groups in total. The number of hydrogen-bond donors (Lipinski definition) is 0. The highest BCUT2D eigenvalue weighted by atomic mass is 16.4. The monoisotopic (exact) mass is 414 g/mol. The summed E-state index contributed by atoms with van der Waals surface area (Å²) in [5.74, 6) is -1.54. The Labute approximate surface area is 179 Å². The summed E-state index contributed by atoms with van der Waals surface area (Å²) in [4.78, 5) is 38.7. The van der Waals surface area contributed by atoms with Gasteiger partial charge in [-0.15, -0.1) is 0 Å². The molecule has 0 radical (unpaired) electrons. The van der Waals surface area contributed by atoms with Gasteiger partial charge in [-0.25, -0.2) is 4.79 Å². The van der Waals surface area contributed by atoms with E-state index >= 15 is 0 Å². The van der Waals surface area contributed by atoms with Crippen LogP contribution in [0.4, 0.5) is 0 Å². The van der Waals surface area contributed by atoms with Crippen LogP contribution in [0.25, 0.3) is 22.1 Å². The molecule has 1 fully saturated rings. The third-order valence-electron chi connectivity index (χ3n) is 5.88. The number of likely N-dealkylation sites (tertiary alicyclic amines) is 1. The molecule has 1 aliphatic heterocycles. The van der Waals surface area contributed by atoms with Crippen molar-refractivity contribution in [3.63, 3.8) is 0 Å². The van der Waals surface area contributed by atoms with Crippen LogP contribution in [0.15, 0.2) is 57.7 Å². The number of nitrogens with zero attached hydrogens (tertiary/aromatic N) is 2. The predicted molar refractivity (Wildman–Crippen MR) is 116 cm³/mol. The molecule has 2 heterocycles. The standard InChI is InChI=1S/C25H22N2O4/c1-16-5-2-3-7-19(16)21-12-24(29)31-23-11-18(8-9-20(21)23)22(15-28)25(30)27-10-4-6-17(13-26)14-27/h2-3,5,7-9,11-12,15,17,22H,4,6,10,14H2,1H3. The lowest BCUT2D eigenvalue weighted by Crippen LogP contribution is -2.42. The zero-order valence-electron chi connectivity index (χ0n) is 17.2. The van der Waals surface area contributed by atoms with Gasteiger partial charge >= 0.3 is 5.63 Å². The van der Waals surface area contributed by atoms with Gasteiger partial charge in [0.25, 0.3) is 0 Å². The van der Waals surface area contributed by atoms with Crippen LogP contribution in [0.3, 0.4) is 0 Å². The molecule has 0 saturated carbocycles. The number of aldehydes is 1. The van der Waals surface area contributed by atoms with Crippen LogP contribution in [0.1, 0.15) is 29.9 Å². The second kappa shape index (κ2) is 8.57. The average Bonchev–Trinajstić information content (AvgIpc) is 2.79. The lowest BCUT2D eigenvalue weighted by molar-refractivity contribution is -0.136. The first kappa shape index (κ1) is 20.5. The van der Waals surface area contributed by atoms with Gasteiger partial charge in [-0.3, -0.25) is 4.79 Å². The Bertz CT molecular complexity index is 1250. The topological polar surface area (TPSA) is 91.4 Å². The van der Waals surface area contributed by atoms with Gasteiger partial charge < -0.3 is 14.1 Å². The minimum atomic E-state index is -1.01. The number of carbonyl (C=O) groups is 2. The van der Waals surface area contributed by atoms with Gasteiger partial charge in [0.15, 0.2) is 0 Å². The fourth-order valence-electron chi connectivity index (χ4n) is 4.23. The molecule has 156 valence electrons. The third kappa shape index (κ3) is 3.99. The minimum absolute atomic E-state index is 0.212. The van der Waals surface area contributed by atoms with Crippen molar-refractivity contribution in [2.24, 2.45) is 5.92 Å². The molecule has 2 aromatic carbocycles. The van der Waals surface area contributed by atoms with Crippen molar-refractivity contribution >= 4 is 23.2 Å². The molecule has 2 unspecified atom stereocenters. The van der Waals surface area contributed by atoms with E-state index in [-0.39, 0.29) is 11.8 Å². The number of aryl methyl sites for hydroxylation is 1. The molecule has 1 amide bonds. The van der Waals surface area contributed by atoms with Gasteiger partial charge in [-0.05, 0) is 42.5 Å². The second-order valence-electron chi connectivity index (χ2n) is 7.92. The quantitative estimate of drug-likeness (QED) is 0.368. The van der Waals surface area contributed by atoms with Crippen LogP contribution in [0, 0.1) is 24.2 Å². The highest BCUT2D eigenvalue weighted by Crippen LogP contribution is 2.32. The predicted octanol–water partition coefficient (Wildman–Crippen LogP) is 3.81. The Morgan fingerprint density at radius 1 is 1.23 bits per heavy atom. The molecule has 0 spiro atoms. The summed E-state index contributed by atoms with van der Waals surface area (Å²) in [5.41, 5.74) is 3.00. The number of fused-ring (bicyclic) bond motifs is 1. The number of hydrogen-bond acceptors (Lipinski definition) is 5. The third-order valence-corrected chi connectivity index (χ3v) is 5.88. The molecule has 2 atom stereocenters. The first-order chi connectivity index (χ1) is 15.0. The zero-order chi connectivity index (χ0) is 22.0. The van der Waals surface area contributed by atoms with Crippen LogP contribution in [-0.4, -0.2) is 30.2 Å². The van der Waals surface area contributed by atoms with Gasteiger partial charge in [-0.1, -0.05) is 36.4 Å². The highest BCUT2D eigenvalue weighted by molar-refractivity contribution is 6.00. The normalized spacial score (nSPS) is 17.2. The molecule has 1 saturated heterocycles. The molecular formula is C25H22N2O4. The molecule has 31 heavy (non-hydrogen) atoms. The Balaban J connectivity index is 1.74. The van der Waals surface area contributed by atoms with Crippen molar-refractivity contribution in [1.29, 1.82) is 5.26 Å². The van der Waals surface area contributed by atoms with Crippen molar-refractivity contribution in [2.45, 2.75) is 25.7 Å². The van der Waals surface area contributed by atoms with Gasteiger partial charge in [-0.2, -0.15) is 5.26 Å². The second-order valence-corrected chi connectivity index (χ2v) is 7.92. The van der Waals surface area contributed by atoms with Crippen LogP contribution in [0.2, 0.25) is 0 Å². The number of carbonyl (C=O) groups excluding carboxylic acids is 2. The lowest BCUT2D eigenvalue weighted by atomic mass is 9.93. The molecule has 1 aromatic heterocycles. The Hall–Kier alpha value is -3.72. The largest absolute Gasteiger partial charge is 0.423 e. The molecule has 0 bridgehead atoms. The minimum Gasteiger partial charge on any atom is -0.423 e. The van der Waals surface area contributed by atoms with Crippen LogP contribution < -0.4 is 5.63 Å². The van der Waals surface area contributed by atoms with E-state index in [0.29, 0.717) is 30.5 Å². The van der Waals surface area contributed by atoms with E-state index in [1.807, 2.05) is 31.2 Å². The van der Waals surface area contributed by atoms with Crippen molar-refractivity contribution in [1.82, 2.24) is 4.90 Å². The maximum atomic E-state index is 13.0. The van der Waals surface area contributed by atoms with Gasteiger partial charge in [0.2, 0.25) is 5.91 Å². The van der Waals surface area contributed by atoms with E-state index in [9.17, 15) is 19.6 Å². The fourth-order valence-corrected chi connectivity index (χ4v) is 4.23. The van der Waals surface area contributed by atoms with Crippen molar-refractivity contribution in [2.75, 3.05) is 13.1 Å². The van der Waals surface area contributed by atoms with Crippen LogP contribution in [-0.2, 0) is 9.59 Å². The molecule has 1 aliphatic rings. The molecule has 6 heteroatoms. The molecular weight excluding hydrogens is 392 g/mol. The molecule has 6 nitrogen and oxygen atoms in total. The summed E-state index contributed by atoms with van der Waals surface area (Å²) in [5, 5.41) is 9.92. The van der Waals surface area contributed by atoms with Gasteiger partial charge in [0.1, 0.15) is 17.8 Å². The van der Waals surface area contributed by atoms with Gasteiger partial charge in [0.05, 0.1) is 12.0 Å². The van der Waals surface area contributed by atoms with Crippen molar-refractivity contribution in [3.05, 3.63) is 70.1 Å². The van der Waals surface area contributed by atoms with E-state index < -0.39 is 11.5 Å². The smallest absolute Gasteiger partial charge is 0.336 e. The maximum absolute atomic E-state index is 13.0.